The molecule has 6 heteroatoms. The van der Waals surface area contributed by atoms with Crippen LogP contribution in [0.5, 0.6) is 0 Å². The van der Waals surface area contributed by atoms with Gasteiger partial charge in [0.15, 0.2) is 10.8 Å². The van der Waals surface area contributed by atoms with Gasteiger partial charge in [-0.25, -0.2) is 4.68 Å². The number of aryl methyl sites for hydroxylation is 2. The number of fused-ring (bicyclic) bond motifs is 1. The summed E-state index contributed by atoms with van der Waals surface area (Å²) in [5.41, 5.74) is 3.52. The van der Waals surface area contributed by atoms with Gasteiger partial charge in [0.1, 0.15) is 0 Å². The van der Waals surface area contributed by atoms with E-state index < -0.39 is 0 Å². The van der Waals surface area contributed by atoms with Crippen molar-refractivity contribution in [3.63, 3.8) is 0 Å². The number of thiazole rings is 1. The van der Waals surface area contributed by atoms with Crippen LogP contribution in [-0.4, -0.2) is 25.7 Å². The molecule has 0 spiro atoms. The molecule has 0 bridgehead atoms. The molecule has 0 aliphatic carbocycles. The quantitative estimate of drug-likeness (QED) is 0.762. The van der Waals surface area contributed by atoms with Crippen LogP contribution in [0.15, 0.2) is 17.6 Å². The first-order valence-electron chi connectivity index (χ1n) is 7.51. The molecule has 3 heterocycles. The molecule has 0 aliphatic heterocycles. The summed E-state index contributed by atoms with van der Waals surface area (Å²) < 4.78 is 4.18. The lowest BCUT2D eigenvalue weighted by Gasteiger charge is -2.07. The lowest BCUT2D eigenvalue weighted by Crippen LogP contribution is -2.16. The Morgan fingerprint density at radius 1 is 1.24 bits per heavy atom. The number of hydrogen-bond acceptors (Lipinski definition) is 4. The number of hydrogen-bond donors (Lipinski definition) is 1. The molecule has 21 heavy (non-hydrogen) atoms. The molecule has 1 N–H and O–H groups in total. The van der Waals surface area contributed by atoms with Crippen LogP contribution in [0.2, 0.25) is 0 Å². The van der Waals surface area contributed by atoms with E-state index in [0.29, 0.717) is 0 Å². The second-order valence-corrected chi connectivity index (χ2v) is 5.84. The zero-order valence-corrected chi connectivity index (χ0v) is 13.6. The Bertz CT molecular complexity index is 736. The molecular formula is C15H21N5S. The number of rotatable bonds is 6. The van der Waals surface area contributed by atoms with Gasteiger partial charge >= 0.3 is 0 Å². The third-order valence-corrected chi connectivity index (χ3v) is 4.40. The third-order valence-electron chi connectivity index (χ3n) is 3.64. The fraction of sp³-hybridized carbons (Fsp3) is 0.467. The maximum atomic E-state index is 4.79. The largest absolute Gasteiger partial charge is 0.311 e. The first-order valence-corrected chi connectivity index (χ1v) is 8.39. The van der Waals surface area contributed by atoms with Gasteiger partial charge in [0.05, 0.1) is 11.4 Å². The molecule has 0 saturated carbocycles. The van der Waals surface area contributed by atoms with E-state index in [0.717, 1.165) is 42.4 Å². The molecule has 3 rings (SSSR count). The standard InChI is InChI=1S/C15H21N5S/c1-4-11-9-12(5-2)20(18-11)14-13(10-16-6-3)19-7-8-21-15(19)17-14/h7-9,16H,4-6,10H2,1-3H3. The summed E-state index contributed by atoms with van der Waals surface area (Å²) in [6, 6.07) is 2.18. The number of nitrogens with one attached hydrogen (secondary N) is 1. The minimum atomic E-state index is 0.800. The minimum absolute atomic E-state index is 0.800. The molecule has 0 radical (unpaired) electrons. The van der Waals surface area contributed by atoms with Crippen molar-refractivity contribution in [2.45, 2.75) is 40.2 Å². The van der Waals surface area contributed by atoms with Crippen LogP contribution in [0, 0.1) is 0 Å². The van der Waals surface area contributed by atoms with Gasteiger partial charge in [0, 0.05) is 23.8 Å². The van der Waals surface area contributed by atoms with Gasteiger partial charge in [0.2, 0.25) is 0 Å². The van der Waals surface area contributed by atoms with Gasteiger partial charge in [-0.1, -0.05) is 20.8 Å². The van der Waals surface area contributed by atoms with E-state index in [4.69, 9.17) is 10.1 Å². The van der Waals surface area contributed by atoms with Crippen molar-refractivity contribution in [1.82, 2.24) is 24.5 Å². The molecular weight excluding hydrogens is 282 g/mol. The molecule has 112 valence electrons. The normalized spacial score (nSPS) is 11.6. The minimum Gasteiger partial charge on any atom is -0.311 e. The van der Waals surface area contributed by atoms with Gasteiger partial charge in [0.25, 0.3) is 0 Å². The summed E-state index contributed by atoms with van der Waals surface area (Å²) >= 11 is 1.66. The van der Waals surface area contributed by atoms with Crippen molar-refractivity contribution in [2.24, 2.45) is 0 Å². The highest BCUT2D eigenvalue weighted by Gasteiger charge is 2.18. The van der Waals surface area contributed by atoms with Crippen LogP contribution in [-0.2, 0) is 19.4 Å². The second kappa shape index (κ2) is 5.99. The van der Waals surface area contributed by atoms with Crippen LogP contribution >= 0.6 is 11.3 Å². The molecule has 0 fully saturated rings. The Labute approximate surface area is 128 Å². The van der Waals surface area contributed by atoms with Crippen molar-refractivity contribution in [3.05, 3.63) is 34.7 Å². The van der Waals surface area contributed by atoms with Crippen LogP contribution in [0.1, 0.15) is 37.9 Å². The maximum absolute atomic E-state index is 4.79. The van der Waals surface area contributed by atoms with Crippen molar-refractivity contribution in [2.75, 3.05) is 6.54 Å². The van der Waals surface area contributed by atoms with E-state index in [1.807, 2.05) is 4.68 Å². The van der Waals surface area contributed by atoms with E-state index in [9.17, 15) is 0 Å². The molecule has 0 aliphatic rings. The lowest BCUT2D eigenvalue weighted by atomic mass is 10.2. The van der Waals surface area contributed by atoms with E-state index in [2.05, 4.69) is 48.1 Å². The predicted octanol–water partition coefficient (Wildman–Crippen LogP) is 2.82. The summed E-state index contributed by atoms with van der Waals surface area (Å²) in [6.45, 7) is 8.16. The smallest absolute Gasteiger partial charge is 0.196 e. The third kappa shape index (κ3) is 2.49. The fourth-order valence-corrected chi connectivity index (χ4v) is 3.21. The maximum Gasteiger partial charge on any atom is 0.196 e. The van der Waals surface area contributed by atoms with Gasteiger partial charge in [-0.3, -0.25) is 4.40 Å². The first-order chi connectivity index (χ1) is 10.3. The van der Waals surface area contributed by atoms with Crippen LogP contribution in [0.25, 0.3) is 10.8 Å². The molecule has 0 saturated heterocycles. The summed E-state index contributed by atoms with van der Waals surface area (Å²) in [5, 5.41) is 10.2. The van der Waals surface area contributed by atoms with Gasteiger partial charge in [-0.15, -0.1) is 11.3 Å². The van der Waals surface area contributed by atoms with E-state index >= 15 is 0 Å². The average molecular weight is 303 g/mol. The summed E-state index contributed by atoms with van der Waals surface area (Å²) in [5.74, 6) is 0.958. The van der Waals surface area contributed by atoms with E-state index in [1.165, 1.54) is 11.4 Å². The fourth-order valence-electron chi connectivity index (χ4n) is 2.48. The second-order valence-electron chi connectivity index (χ2n) is 4.96. The lowest BCUT2D eigenvalue weighted by molar-refractivity contribution is 0.687. The van der Waals surface area contributed by atoms with Crippen LogP contribution in [0.4, 0.5) is 0 Å². The summed E-state index contributed by atoms with van der Waals surface area (Å²) in [4.78, 5) is 5.82. The Morgan fingerprint density at radius 2 is 2.10 bits per heavy atom. The Kier molecular flexibility index (Phi) is 4.07. The Hall–Kier alpha value is -1.66. The highest BCUT2D eigenvalue weighted by Crippen LogP contribution is 2.22. The molecule has 0 amide bonds. The zero-order valence-electron chi connectivity index (χ0n) is 12.8. The van der Waals surface area contributed by atoms with Crippen LogP contribution < -0.4 is 5.32 Å². The highest BCUT2D eigenvalue weighted by molar-refractivity contribution is 7.15. The number of aromatic nitrogens is 4. The van der Waals surface area contributed by atoms with Gasteiger partial charge < -0.3 is 5.32 Å². The topological polar surface area (TPSA) is 47.2 Å². The molecule has 3 aromatic heterocycles. The van der Waals surface area contributed by atoms with Crippen molar-refractivity contribution < 1.29 is 0 Å². The van der Waals surface area contributed by atoms with Crippen molar-refractivity contribution in [3.8, 4) is 5.82 Å². The van der Waals surface area contributed by atoms with Crippen molar-refractivity contribution >= 4 is 16.3 Å². The van der Waals surface area contributed by atoms with Gasteiger partial charge in [-0.05, 0) is 25.5 Å². The number of nitrogens with zero attached hydrogens (tertiary/aromatic N) is 4. The predicted molar refractivity (Wildman–Crippen MR) is 86.3 cm³/mol. The molecule has 3 aromatic rings. The first kappa shape index (κ1) is 14.3. The SMILES string of the molecule is CCNCc1c(-n2nc(CC)cc2CC)nc2sccn12. The molecule has 0 atom stereocenters. The number of imidazole rings is 1. The van der Waals surface area contributed by atoms with E-state index in [-0.39, 0.29) is 0 Å². The monoisotopic (exact) mass is 303 g/mol. The van der Waals surface area contributed by atoms with Crippen LogP contribution in [0.3, 0.4) is 0 Å². The van der Waals surface area contributed by atoms with Crippen molar-refractivity contribution in [1.29, 1.82) is 0 Å². The van der Waals surface area contributed by atoms with E-state index in [1.54, 1.807) is 11.3 Å². The Morgan fingerprint density at radius 3 is 2.81 bits per heavy atom. The highest BCUT2D eigenvalue weighted by atomic mass is 32.1. The summed E-state index contributed by atoms with van der Waals surface area (Å²) in [6.07, 6.45) is 3.99. The Balaban J connectivity index is 2.14. The molecule has 0 aromatic carbocycles. The summed E-state index contributed by atoms with van der Waals surface area (Å²) in [7, 11) is 0. The molecule has 0 unspecified atom stereocenters. The van der Waals surface area contributed by atoms with Gasteiger partial charge in [-0.2, -0.15) is 10.1 Å². The molecule has 5 nitrogen and oxygen atoms in total. The average Bonchev–Trinajstić information content (AvgIpc) is 3.18. The zero-order chi connectivity index (χ0) is 14.8.